The van der Waals surface area contributed by atoms with Crippen LogP contribution in [0.5, 0.6) is 0 Å². The van der Waals surface area contributed by atoms with E-state index in [0.717, 1.165) is 0 Å². The number of aromatic carboxylic acids is 1. The van der Waals surface area contributed by atoms with Gasteiger partial charge in [-0.2, -0.15) is 0 Å². The fourth-order valence-electron chi connectivity index (χ4n) is 1.63. The summed E-state index contributed by atoms with van der Waals surface area (Å²) in [4.78, 5) is 25.7. The molecule has 1 heterocycles. The third-order valence-corrected chi connectivity index (χ3v) is 4.00. The highest BCUT2D eigenvalue weighted by molar-refractivity contribution is 7.98. The first-order valence-electron chi connectivity index (χ1n) is 5.73. The van der Waals surface area contributed by atoms with Crippen LogP contribution in [0, 0.1) is 10.1 Å². The second-order valence-corrected chi connectivity index (χ2v) is 5.42. The van der Waals surface area contributed by atoms with Gasteiger partial charge in [-0.05, 0) is 18.2 Å². The molecule has 0 bridgehead atoms. The minimum atomic E-state index is -1.12. The van der Waals surface area contributed by atoms with Gasteiger partial charge in [-0.15, -0.1) is 11.8 Å². The van der Waals surface area contributed by atoms with Gasteiger partial charge in [0.15, 0.2) is 0 Å². The molecular formula is C13H9ClN2O4S. The Balaban J connectivity index is 2.22. The molecule has 0 aliphatic rings. The number of benzene rings is 1. The summed E-state index contributed by atoms with van der Waals surface area (Å²) >= 11 is 7.26. The molecule has 1 aromatic carbocycles. The summed E-state index contributed by atoms with van der Waals surface area (Å²) in [6.07, 6.45) is 1.38. The molecule has 0 amide bonds. The zero-order valence-corrected chi connectivity index (χ0v) is 12.1. The zero-order chi connectivity index (χ0) is 15.4. The van der Waals surface area contributed by atoms with Crippen LogP contribution in [0.4, 0.5) is 5.69 Å². The maximum Gasteiger partial charge on any atom is 0.354 e. The molecule has 0 atom stereocenters. The molecule has 0 unspecified atom stereocenters. The number of nitro groups is 1. The van der Waals surface area contributed by atoms with Gasteiger partial charge in [0.2, 0.25) is 0 Å². The SMILES string of the molecule is O=C(O)c1cc(SCc2c(Cl)cccc2[N+](=O)[O-])ccn1. The summed E-state index contributed by atoms with van der Waals surface area (Å²) in [5, 5.41) is 20.2. The summed E-state index contributed by atoms with van der Waals surface area (Å²) < 4.78 is 0. The van der Waals surface area contributed by atoms with Gasteiger partial charge in [-0.3, -0.25) is 10.1 Å². The van der Waals surface area contributed by atoms with Crippen LogP contribution in [0.25, 0.3) is 0 Å². The first-order chi connectivity index (χ1) is 9.99. The molecule has 8 heteroatoms. The Kier molecular flexibility index (Phi) is 4.77. The van der Waals surface area contributed by atoms with Gasteiger partial charge in [0.25, 0.3) is 5.69 Å². The van der Waals surface area contributed by atoms with E-state index in [0.29, 0.717) is 15.5 Å². The third kappa shape index (κ3) is 3.71. The Morgan fingerprint density at radius 3 is 2.86 bits per heavy atom. The molecule has 0 saturated heterocycles. The highest BCUT2D eigenvalue weighted by Gasteiger charge is 2.17. The Hall–Kier alpha value is -2.12. The van der Waals surface area contributed by atoms with Crippen LogP contribution in [0.15, 0.2) is 41.4 Å². The number of nitrogens with zero attached hydrogens (tertiary/aromatic N) is 2. The molecule has 1 aromatic heterocycles. The molecule has 0 spiro atoms. The lowest BCUT2D eigenvalue weighted by Crippen LogP contribution is -1.99. The molecule has 0 fully saturated rings. The molecule has 21 heavy (non-hydrogen) atoms. The molecule has 0 aliphatic carbocycles. The fraction of sp³-hybridized carbons (Fsp3) is 0.0769. The van der Waals surface area contributed by atoms with Crippen LogP contribution < -0.4 is 0 Å². The van der Waals surface area contributed by atoms with Gasteiger partial charge >= 0.3 is 5.97 Å². The van der Waals surface area contributed by atoms with Crippen molar-refractivity contribution >= 4 is 35.0 Å². The number of hydrogen-bond donors (Lipinski definition) is 1. The van der Waals surface area contributed by atoms with E-state index in [2.05, 4.69) is 4.98 Å². The molecule has 0 saturated carbocycles. The van der Waals surface area contributed by atoms with Crippen LogP contribution >= 0.6 is 23.4 Å². The lowest BCUT2D eigenvalue weighted by atomic mass is 10.2. The van der Waals surface area contributed by atoms with E-state index in [1.165, 1.54) is 36.2 Å². The third-order valence-electron chi connectivity index (χ3n) is 2.62. The monoisotopic (exact) mass is 324 g/mol. The number of aromatic nitrogens is 1. The van der Waals surface area contributed by atoms with Crippen LogP contribution in [-0.2, 0) is 5.75 Å². The van der Waals surface area contributed by atoms with Crippen molar-refractivity contribution < 1.29 is 14.8 Å². The highest BCUT2D eigenvalue weighted by atomic mass is 35.5. The Labute approximate surface area is 128 Å². The van der Waals surface area contributed by atoms with E-state index in [1.807, 2.05) is 0 Å². The standard InChI is InChI=1S/C13H9ClN2O4S/c14-10-2-1-3-12(16(19)20)9(10)7-21-8-4-5-15-11(6-8)13(17)18/h1-6H,7H2,(H,17,18). The van der Waals surface area contributed by atoms with Crippen molar-refractivity contribution in [3.63, 3.8) is 0 Å². The molecule has 2 aromatic rings. The number of carboxylic acids is 1. The Bertz CT molecular complexity index is 708. The van der Waals surface area contributed by atoms with E-state index >= 15 is 0 Å². The minimum Gasteiger partial charge on any atom is -0.477 e. The van der Waals surface area contributed by atoms with Crippen LogP contribution in [-0.4, -0.2) is 21.0 Å². The van der Waals surface area contributed by atoms with E-state index in [1.54, 1.807) is 12.1 Å². The van der Waals surface area contributed by atoms with Gasteiger partial charge in [-0.25, -0.2) is 9.78 Å². The molecule has 1 N–H and O–H groups in total. The lowest BCUT2D eigenvalue weighted by molar-refractivity contribution is -0.385. The topological polar surface area (TPSA) is 93.3 Å². The van der Waals surface area contributed by atoms with Crippen molar-refractivity contribution in [2.24, 2.45) is 0 Å². The van der Waals surface area contributed by atoms with Gasteiger partial charge in [0.1, 0.15) is 5.69 Å². The first-order valence-corrected chi connectivity index (χ1v) is 7.09. The predicted octanol–water partition coefficient (Wildman–Crippen LogP) is 3.63. The van der Waals surface area contributed by atoms with E-state index < -0.39 is 10.9 Å². The van der Waals surface area contributed by atoms with Crippen LogP contribution in [0.1, 0.15) is 16.1 Å². The number of thioether (sulfide) groups is 1. The number of halogens is 1. The van der Waals surface area contributed by atoms with Crippen molar-refractivity contribution in [3.8, 4) is 0 Å². The van der Waals surface area contributed by atoms with Gasteiger partial charge in [-0.1, -0.05) is 17.7 Å². The van der Waals surface area contributed by atoms with Gasteiger partial charge in [0.05, 0.1) is 15.5 Å². The summed E-state index contributed by atoms with van der Waals surface area (Å²) in [5.41, 5.74) is 0.277. The van der Waals surface area contributed by atoms with Crippen molar-refractivity contribution in [2.45, 2.75) is 10.6 Å². The summed E-state index contributed by atoms with van der Waals surface area (Å²) in [6, 6.07) is 7.54. The van der Waals surface area contributed by atoms with Crippen LogP contribution in [0.2, 0.25) is 5.02 Å². The van der Waals surface area contributed by atoms with Crippen molar-refractivity contribution in [1.29, 1.82) is 0 Å². The van der Waals surface area contributed by atoms with Gasteiger partial charge < -0.3 is 5.11 Å². The van der Waals surface area contributed by atoms with E-state index in [-0.39, 0.29) is 17.1 Å². The normalized spacial score (nSPS) is 10.3. The smallest absolute Gasteiger partial charge is 0.354 e. The number of carbonyl (C=O) groups is 1. The quantitative estimate of drug-likeness (QED) is 0.512. The van der Waals surface area contributed by atoms with Gasteiger partial charge in [0, 0.05) is 22.9 Å². The van der Waals surface area contributed by atoms with Crippen molar-refractivity contribution in [2.75, 3.05) is 0 Å². The Morgan fingerprint density at radius 1 is 1.43 bits per heavy atom. The largest absolute Gasteiger partial charge is 0.477 e. The van der Waals surface area contributed by atoms with Crippen LogP contribution in [0.3, 0.4) is 0 Å². The molecule has 108 valence electrons. The maximum atomic E-state index is 11.0. The molecular weight excluding hydrogens is 316 g/mol. The average molecular weight is 325 g/mol. The second-order valence-electron chi connectivity index (χ2n) is 3.97. The number of hydrogen-bond acceptors (Lipinski definition) is 5. The lowest BCUT2D eigenvalue weighted by Gasteiger charge is -2.06. The van der Waals surface area contributed by atoms with E-state index in [9.17, 15) is 14.9 Å². The van der Waals surface area contributed by atoms with E-state index in [4.69, 9.17) is 16.7 Å². The molecule has 6 nitrogen and oxygen atoms in total. The molecule has 2 rings (SSSR count). The predicted molar refractivity (Wildman–Crippen MR) is 78.9 cm³/mol. The first kappa shape index (κ1) is 15.3. The molecule has 0 radical (unpaired) electrons. The second kappa shape index (κ2) is 6.55. The van der Waals surface area contributed by atoms with Crippen molar-refractivity contribution in [1.82, 2.24) is 4.98 Å². The summed E-state index contributed by atoms with van der Waals surface area (Å²) in [6.45, 7) is 0. The minimum absolute atomic E-state index is 0.0532. The molecule has 0 aliphatic heterocycles. The fourth-order valence-corrected chi connectivity index (χ4v) is 2.92. The zero-order valence-electron chi connectivity index (χ0n) is 10.5. The van der Waals surface area contributed by atoms with Crippen molar-refractivity contribution in [3.05, 3.63) is 62.9 Å². The summed E-state index contributed by atoms with van der Waals surface area (Å²) in [5.74, 6) is -0.861. The number of carboxylic acid groups (broad SMARTS) is 1. The number of nitro benzene ring substituents is 1. The summed E-state index contributed by atoms with van der Waals surface area (Å²) in [7, 11) is 0. The maximum absolute atomic E-state index is 11.0. The average Bonchev–Trinajstić information content (AvgIpc) is 2.46. The highest BCUT2D eigenvalue weighted by Crippen LogP contribution is 2.32. The number of rotatable bonds is 5. The Morgan fingerprint density at radius 2 is 2.19 bits per heavy atom. The number of pyridine rings is 1.